The molecule has 0 heterocycles. The van der Waals surface area contributed by atoms with E-state index in [1.807, 2.05) is 31.2 Å². The molecule has 1 amide bonds. The summed E-state index contributed by atoms with van der Waals surface area (Å²) in [6.07, 6.45) is 6.96. The lowest BCUT2D eigenvalue weighted by molar-refractivity contribution is -0.116. The minimum absolute atomic E-state index is 0.0328. The van der Waals surface area contributed by atoms with Crippen LogP contribution in [-0.2, 0) is 4.79 Å². The van der Waals surface area contributed by atoms with Gasteiger partial charge in [0.25, 0.3) is 0 Å². The van der Waals surface area contributed by atoms with E-state index in [-0.39, 0.29) is 5.91 Å². The van der Waals surface area contributed by atoms with Gasteiger partial charge in [0.05, 0.1) is 12.3 Å². The molecule has 2 rings (SSSR count). The maximum atomic E-state index is 12.0. The van der Waals surface area contributed by atoms with Crippen LogP contribution in [0.15, 0.2) is 24.3 Å². The summed E-state index contributed by atoms with van der Waals surface area (Å²) in [5.41, 5.74) is 0.752. The van der Waals surface area contributed by atoms with E-state index in [4.69, 9.17) is 4.74 Å². The van der Waals surface area contributed by atoms with E-state index in [1.165, 1.54) is 32.1 Å². The second-order valence-corrected chi connectivity index (χ2v) is 5.52. The highest BCUT2D eigenvalue weighted by Crippen LogP contribution is 2.23. The summed E-state index contributed by atoms with van der Waals surface area (Å²) < 4.78 is 5.51. The molecule has 4 heteroatoms. The fourth-order valence-electron chi connectivity index (χ4n) is 2.76. The van der Waals surface area contributed by atoms with E-state index in [0.29, 0.717) is 19.1 Å². The molecule has 116 valence electrons. The van der Waals surface area contributed by atoms with Crippen molar-refractivity contribution in [2.45, 2.75) is 51.5 Å². The number of anilines is 1. The normalized spacial score (nSPS) is 15.7. The van der Waals surface area contributed by atoms with Gasteiger partial charge in [-0.2, -0.15) is 0 Å². The average Bonchev–Trinajstić information content (AvgIpc) is 2.50. The molecule has 1 aliphatic rings. The summed E-state index contributed by atoms with van der Waals surface area (Å²) in [6.45, 7) is 3.27. The Balaban J connectivity index is 1.73. The topological polar surface area (TPSA) is 50.4 Å². The molecular weight excluding hydrogens is 264 g/mol. The van der Waals surface area contributed by atoms with Crippen LogP contribution in [0.1, 0.15) is 45.4 Å². The van der Waals surface area contributed by atoms with Crippen LogP contribution in [-0.4, -0.2) is 25.1 Å². The van der Waals surface area contributed by atoms with Gasteiger partial charge in [-0.15, -0.1) is 0 Å². The zero-order chi connectivity index (χ0) is 14.9. The van der Waals surface area contributed by atoms with Gasteiger partial charge in [0.1, 0.15) is 5.75 Å². The molecule has 0 radical (unpaired) electrons. The summed E-state index contributed by atoms with van der Waals surface area (Å²) in [5.74, 6) is 0.763. The van der Waals surface area contributed by atoms with Crippen molar-refractivity contribution in [2.24, 2.45) is 0 Å². The van der Waals surface area contributed by atoms with Gasteiger partial charge in [-0.25, -0.2) is 0 Å². The Hall–Kier alpha value is -1.55. The van der Waals surface area contributed by atoms with Crippen LogP contribution < -0.4 is 15.4 Å². The number of carbonyl (C=O) groups is 1. The van der Waals surface area contributed by atoms with Crippen molar-refractivity contribution in [2.75, 3.05) is 18.5 Å². The molecule has 0 aromatic heterocycles. The maximum Gasteiger partial charge on any atom is 0.225 e. The second kappa shape index (κ2) is 8.67. The Morgan fingerprint density at radius 2 is 2.00 bits per heavy atom. The summed E-state index contributed by atoms with van der Waals surface area (Å²) >= 11 is 0. The first-order chi connectivity index (χ1) is 10.3. The second-order valence-electron chi connectivity index (χ2n) is 5.52. The van der Waals surface area contributed by atoms with E-state index < -0.39 is 0 Å². The molecular formula is C17H26N2O2. The van der Waals surface area contributed by atoms with E-state index in [9.17, 15) is 4.79 Å². The van der Waals surface area contributed by atoms with Crippen LogP contribution in [0.5, 0.6) is 5.75 Å². The lowest BCUT2D eigenvalue weighted by Gasteiger charge is -2.22. The zero-order valence-electron chi connectivity index (χ0n) is 12.9. The van der Waals surface area contributed by atoms with Crippen LogP contribution in [0, 0.1) is 0 Å². The highest BCUT2D eigenvalue weighted by Gasteiger charge is 2.13. The zero-order valence-corrected chi connectivity index (χ0v) is 12.9. The third-order valence-corrected chi connectivity index (χ3v) is 3.85. The standard InChI is InChI=1S/C17H26N2O2/c1-2-21-16-11-7-6-10-15(16)19-17(20)12-13-18-14-8-4-3-5-9-14/h6-7,10-11,14,18H,2-5,8-9,12-13H2,1H3,(H,19,20). The van der Waals surface area contributed by atoms with E-state index in [1.54, 1.807) is 0 Å². The molecule has 0 unspecified atom stereocenters. The molecule has 2 N–H and O–H groups in total. The highest BCUT2D eigenvalue weighted by atomic mass is 16.5. The first-order valence-corrected chi connectivity index (χ1v) is 8.04. The quantitative estimate of drug-likeness (QED) is 0.810. The Morgan fingerprint density at radius 1 is 1.24 bits per heavy atom. The summed E-state index contributed by atoms with van der Waals surface area (Å²) in [6, 6.07) is 8.16. The third kappa shape index (κ3) is 5.38. The lowest BCUT2D eigenvalue weighted by atomic mass is 9.95. The lowest BCUT2D eigenvalue weighted by Crippen LogP contribution is -2.33. The van der Waals surface area contributed by atoms with Crippen molar-refractivity contribution in [3.63, 3.8) is 0 Å². The number of ether oxygens (including phenoxy) is 1. The van der Waals surface area contributed by atoms with Crippen molar-refractivity contribution < 1.29 is 9.53 Å². The van der Waals surface area contributed by atoms with Crippen LogP contribution >= 0.6 is 0 Å². The number of amides is 1. The molecule has 21 heavy (non-hydrogen) atoms. The summed E-state index contributed by atoms with van der Waals surface area (Å²) in [7, 11) is 0. The van der Waals surface area contributed by atoms with E-state index >= 15 is 0 Å². The Labute approximate surface area is 127 Å². The SMILES string of the molecule is CCOc1ccccc1NC(=O)CCNC1CCCCC1. The Kier molecular flexibility index (Phi) is 6.54. The number of rotatable bonds is 7. The average molecular weight is 290 g/mol. The Bertz CT molecular complexity index is 442. The van der Waals surface area contributed by atoms with E-state index in [0.717, 1.165) is 18.0 Å². The van der Waals surface area contributed by atoms with Crippen LogP contribution in [0.2, 0.25) is 0 Å². The first-order valence-electron chi connectivity index (χ1n) is 8.04. The third-order valence-electron chi connectivity index (χ3n) is 3.85. The molecule has 0 bridgehead atoms. The molecule has 1 aromatic rings. The molecule has 1 aromatic carbocycles. The molecule has 1 fully saturated rings. The molecule has 1 aliphatic carbocycles. The Morgan fingerprint density at radius 3 is 2.76 bits per heavy atom. The molecule has 4 nitrogen and oxygen atoms in total. The minimum atomic E-state index is 0.0328. The molecule has 0 saturated heterocycles. The molecule has 0 spiro atoms. The predicted molar refractivity (Wildman–Crippen MR) is 85.7 cm³/mol. The van der Waals surface area contributed by atoms with Crippen molar-refractivity contribution in [3.8, 4) is 5.75 Å². The number of benzene rings is 1. The fraction of sp³-hybridized carbons (Fsp3) is 0.588. The van der Waals surface area contributed by atoms with Crippen LogP contribution in [0.4, 0.5) is 5.69 Å². The molecule has 0 atom stereocenters. The fourth-order valence-corrected chi connectivity index (χ4v) is 2.76. The van der Waals surface area contributed by atoms with Crippen molar-refractivity contribution in [3.05, 3.63) is 24.3 Å². The predicted octanol–water partition coefficient (Wildman–Crippen LogP) is 3.34. The van der Waals surface area contributed by atoms with Crippen molar-refractivity contribution in [1.82, 2.24) is 5.32 Å². The number of nitrogens with one attached hydrogen (secondary N) is 2. The highest BCUT2D eigenvalue weighted by molar-refractivity contribution is 5.92. The van der Waals surface area contributed by atoms with Crippen molar-refractivity contribution in [1.29, 1.82) is 0 Å². The number of para-hydroxylation sites is 2. The van der Waals surface area contributed by atoms with Crippen LogP contribution in [0.25, 0.3) is 0 Å². The van der Waals surface area contributed by atoms with Gasteiger partial charge >= 0.3 is 0 Å². The number of hydrogen-bond acceptors (Lipinski definition) is 3. The molecule has 0 aliphatic heterocycles. The van der Waals surface area contributed by atoms with Gasteiger partial charge in [-0.05, 0) is 31.9 Å². The van der Waals surface area contributed by atoms with Crippen LogP contribution in [0.3, 0.4) is 0 Å². The van der Waals surface area contributed by atoms with Gasteiger partial charge in [0.2, 0.25) is 5.91 Å². The van der Waals surface area contributed by atoms with Gasteiger partial charge in [-0.3, -0.25) is 4.79 Å². The number of hydrogen-bond donors (Lipinski definition) is 2. The smallest absolute Gasteiger partial charge is 0.225 e. The van der Waals surface area contributed by atoms with Crippen molar-refractivity contribution >= 4 is 11.6 Å². The van der Waals surface area contributed by atoms with Gasteiger partial charge in [-0.1, -0.05) is 31.4 Å². The summed E-state index contributed by atoms with van der Waals surface area (Å²) in [5, 5.41) is 6.42. The minimum Gasteiger partial charge on any atom is -0.492 e. The summed E-state index contributed by atoms with van der Waals surface area (Å²) in [4.78, 5) is 12.0. The molecule has 1 saturated carbocycles. The van der Waals surface area contributed by atoms with Gasteiger partial charge < -0.3 is 15.4 Å². The van der Waals surface area contributed by atoms with E-state index in [2.05, 4.69) is 10.6 Å². The van der Waals surface area contributed by atoms with Gasteiger partial charge in [0, 0.05) is 19.0 Å². The first kappa shape index (κ1) is 15.8. The largest absolute Gasteiger partial charge is 0.492 e. The van der Waals surface area contributed by atoms with Gasteiger partial charge in [0.15, 0.2) is 0 Å². The monoisotopic (exact) mass is 290 g/mol. The number of carbonyl (C=O) groups excluding carboxylic acids is 1. The maximum absolute atomic E-state index is 12.0.